The van der Waals surface area contributed by atoms with Gasteiger partial charge in [-0.1, -0.05) is 11.6 Å². The van der Waals surface area contributed by atoms with E-state index >= 15 is 0 Å². The van der Waals surface area contributed by atoms with Crippen LogP contribution in [-0.4, -0.2) is 62.9 Å². The van der Waals surface area contributed by atoms with Crippen molar-refractivity contribution in [2.45, 2.75) is 17.4 Å². The standard InChI is InChI=1S/C14H19ClFN3O2S.ClH/c15-13-9-11(16)1-2-14(13)22(20,21)19-6-3-12(10-19)18-7-4-17-5-8-18;/h1-2,9,12,17H,3-8,10H2;1H. The first-order chi connectivity index (χ1) is 10.5. The third kappa shape index (κ3) is 3.97. The van der Waals surface area contributed by atoms with E-state index < -0.39 is 15.8 Å². The predicted octanol–water partition coefficient (Wildman–Crippen LogP) is 1.57. The van der Waals surface area contributed by atoms with E-state index in [0.717, 1.165) is 44.7 Å². The molecule has 0 bridgehead atoms. The van der Waals surface area contributed by atoms with Gasteiger partial charge in [-0.15, -0.1) is 12.4 Å². The highest BCUT2D eigenvalue weighted by Gasteiger charge is 2.36. The summed E-state index contributed by atoms with van der Waals surface area (Å²) in [4.78, 5) is 2.31. The molecule has 0 saturated carbocycles. The highest BCUT2D eigenvalue weighted by Crippen LogP contribution is 2.28. The first-order valence-electron chi connectivity index (χ1n) is 7.38. The van der Waals surface area contributed by atoms with Crippen LogP contribution in [0.1, 0.15) is 6.42 Å². The SMILES string of the molecule is Cl.O=S(=O)(c1ccc(F)cc1Cl)N1CCC(N2CCNCC2)C1. The number of hydrogen-bond donors (Lipinski definition) is 1. The van der Waals surface area contributed by atoms with E-state index in [1.54, 1.807) is 0 Å². The van der Waals surface area contributed by atoms with Crippen LogP contribution in [0.25, 0.3) is 0 Å². The van der Waals surface area contributed by atoms with Gasteiger partial charge in [-0.05, 0) is 24.6 Å². The Morgan fingerprint density at radius 3 is 2.57 bits per heavy atom. The zero-order valence-electron chi connectivity index (χ0n) is 12.5. The van der Waals surface area contributed by atoms with Gasteiger partial charge in [0.05, 0.1) is 5.02 Å². The summed E-state index contributed by atoms with van der Waals surface area (Å²) < 4.78 is 39.9. The molecule has 2 fully saturated rings. The third-order valence-electron chi connectivity index (χ3n) is 4.31. The zero-order chi connectivity index (χ0) is 15.7. The summed E-state index contributed by atoms with van der Waals surface area (Å²) in [6, 6.07) is 3.66. The minimum Gasteiger partial charge on any atom is -0.314 e. The van der Waals surface area contributed by atoms with Crippen LogP contribution < -0.4 is 5.32 Å². The van der Waals surface area contributed by atoms with Gasteiger partial charge < -0.3 is 5.32 Å². The van der Waals surface area contributed by atoms with Crippen molar-refractivity contribution >= 4 is 34.0 Å². The van der Waals surface area contributed by atoms with E-state index in [2.05, 4.69) is 10.2 Å². The Labute approximate surface area is 147 Å². The number of rotatable bonds is 3. The first kappa shape index (κ1) is 18.9. The molecule has 2 heterocycles. The summed E-state index contributed by atoms with van der Waals surface area (Å²) in [5.41, 5.74) is 0. The molecule has 2 aliphatic heterocycles. The molecule has 1 aromatic carbocycles. The molecule has 1 N–H and O–H groups in total. The molecule has 9 heteroatoms. The quantitative estimate of drug-likeness (QED) is 0.860. The zero-order valence-corrected chi connectivity index (χ0v) is 14.9. The maximum atomic E-state index is 13.1. The molecule has 5 nitrogen and oxygen atoms in total. The van der Waals surface area contributed by atoms with Crippen LogP contribution in [0.5, 0.6) is 0 Å². The third-order valence-corrected chi connectivity index (χ3v) is 6.65. The Morgan fingerprint density at radius 1 is 1.22 bits per heavy atom. The predicted molar refractivity (Wildman–Crippen MR) is 90.3 cm³/mol. The molecule has 1 aromatic rings. The Morgan fingerprint density at radius 2 is 1.91 bits per heavy atom. The van der Waals surface area contributed by atoms with E-state index in [1.807, 2.05) is 0 Å². The van der Waals surface area contributed by atoms with Crippen LogP contribution >= 0.6 is 24.0 Å². The fourth-order valence-electron chi connectivity index (χ4n) is 3.10. The molecule has 0 aliphatic carbocycles. The fourth-order valence-corrected chi connectivity index (χ4v) is 5.10. The lowest BCUT2D eigenvalue weighted by Crippen LogP contribution is -2.49. The second-order valence-electron chi connectivity index (χ2n) is 5.67. The number of nitrogens with zero attached hydrogens (tertiary/aromatic N) is 2. The largest absolute Gasteiger partial charge is 0.314 e. The molecule has 2 saturated heterocycles. The smallest absolute Gasteiger partial charge is 0.244 e. The van der Waals surface area contributed by atoms with E-state index in [-0.39, 0.29) is 28.4 Å². The maximum Gasteiger partial charge on any atom is 0.244 e. The number of halogens is 3. The molecule has 3 rings (SSSR count). The summed E-state index contributed by atoms with van der Waals surface area (Å²) >= 11 is 5.91. The van der Waals surface area contributed by atoms with Crippen molar-refractivity contribution in [1.82, 2.24) is 14.5 Å². The summed E-state index contributed by atoms with van der Waals surface area (Å²) in [7, 11) is -3.67. The number of sulfonamides is 1. The summed E-state index contributed by atoms with van der Waals surface area (Å²) in [5.74, 6) is -0.538. The topological polar surface area (TPSA) is 52.7 Å². The maximum absolute atomic E-state index is 13.1. The van der Waals surface area contributed by atoms with Crippen molar-refractivity contribution in [2.75, 3.05) is 39.3 Å². The van der Waals surface area contributed by atoms with Gasteiger partial charge in [0.2, 0.25) is 10.0 Å². The van der Waals surface area contributed by atoms with Gasteiger partial charge in [-0.2, -0.15) is 4.31 Å². The minimum absolute atomic E-state index is 0. The van der Waals surface area contributed by atoms with Crippen molar-refractivity contribution < 1.29 is 12.8 Å². The van der Waals surface area contributed by atoms with Crippen molar-refractivity contribution in [3.05, 3.63) is 29.0 Å². The second-order valence-corrected chi connectivity index (χ2v) is 7.98. The molecular formula is C14H20Cl2FN3O2S. The van der Waals surface area contributed by atoms with Crippen LogP contribution in [0.2, 0.25) is 5.02 Å². The molecule has 0 amide bonds. The molecule has 2 aliphatic rings. The van der Waals surface area contributed by atoms with Crippen molar-refractivity contribution in [2.24, 2.45) is 0 Å². The van der Waals surface area contributed by atoms with E-state index in [0.29, 0.717) is 13.1 Å². The molecule has 1 unspecified atom stereocenters. The monoisotopic (exact) mass is 383 g/mol. The number of nitrogens with one attached hydrogen (secondary N) is 1. The lowest BCUT2D eigenvalue weighted by molar-refractivity contribution is 0.179. The minimum atomic E-state index is -3.67. The summed E-state index contributed by atoms with van der Waals surface area (Å²) in [6.45, 7) is 4.70. The average molecular weight is 384 g/mol. The highest BCUT2D eigenvalue weighted by molar-refractivity contribution is 7.89. The number of piperazine rings is 1. The normalized spacial score (nSPS) is 23.7. The number of benzene rings is 1. The molecule has 0 aromatic heterocycles. The lowest BCUT2D eigenvalue weighted by atomic mass is 10.2. The van der Waals surface area contributed by atoms with Gasteiger partial charge in [-0.25, -0.2) is 12.8 Å². The van der Waals surface area contributed by atoms with Crippen molar-refractivity contribution in [3.63, 3.8) is 0 Å². The Balaban J connectivity index is 0.00000192. The van der Waals surface area contributed by atoms with Crippen LogP contribution in [0.4, 0.5) is 4.39 Å². The molecule has 130 valence electrons. The Bertz CT molecular complexity index is 653. The van der Waals surface area contributed by atoms with Crippen LogP contribution in [0.15, 0.2) is 23.1 Å². The molecule has 0 radical (unpaired) electrons. The number of hydrogen-bond acceptors (Lipinski definition) is 4. The van der Waals surface area contributed by atoms with Gasteiger partial charge in [-0.3, -0.25) is 4.90 Å². The highest BCUT2D eigenvalue weighted by atomic mass is 35.5. The van der Waals surface area contributed by atoms with E-state index in [1.165, 1.54) is 10.4 Å². The fraction of sp³-hybridized carbons (Fsp3) is 0.571. The Hall–Kier alpha value is -0.440. The van der Waals surface area contributed by atoms with Gasteiger partial charge in [0.15, 0.2) is 0 Å². The van der Waals surface area contributed by atoms with Gasteiger partial charge in [0, 0.05) is 45.3 Å². The van der Waals surface area contributed by atoms with Crippen molar-refractivity contribution in [3.8, 4) is 0 Å². The van der Waals surface area contributed by atoms with Crippen LogP contribution in [0, 0.1) is 5.82 Å². The van der Waals surface area contributed by atoms with Gasteiger partial charge in [0.25, 0.3) is 0 Å². The van der Waals surface area contributed by atoms with Crippen LogP contribution in [-0.2, 0) is 10.0 Å². The molecule has 23 heavy (non-hydrogen) atoms. The molecule has 0 spiro atoms. The Kier molecular flexibility index (Phi) is 6.27. The average Bonchev–Trinajstić information content (AvgIpc) is 2.98. The molecule has 1 atom stereocenters. The summed E-state index contributed by atoms with van der Waals surface area (Å²) in [5, 5.41) is 3.23. The summed E-state index contributed by atoms with van der Waals surface area (Å²) in [6.07, 6.45) is 0.818. The van der Waals surface area contributed by atoms with E-state index in [9.17, 15) is 12.8 Å². The lowest BCUT2D eigenvalue weighted by Gasteiger charge is -2.32. The van der Waals surface area contributed by atoms with Gasteiger partial charge in [0.1, 0.15) is 10.7 Å². The molecular weight excluding hydrogens is 364 g/mol. The van der Waals surface area contributed by atoms with Crippen LogP contribution in [0.3, 0.4) is 0 Å². The van der Waals surface area contributed by atoms with E-state index in [4.69, 9.17) is 11.6 Å². The first-order valence-corrected chi connectivity index (χ1v) is 9.20. The van der Waals surface area contributed by atoms with Gasteiger partial charge >= 0.3 is 0 Å². The van der Waals surface area contributed by atoms with Crippen molar-refractivity contribution in [1.29, 1.82) is 0 Å². The second kappa shape index (κ2) is 7.63.